The van der Waals surface area contributed by atoms with Gasteiger partial charge in [-0.2, -0.15) is 8.78 Å². The van der Waals surface area contributed by atoms with Crippen LogP contribution in [0.1, 0.15) is 25.7 Å². The van der Waals surface area contributed by atoms with E-state index in [2.05, 4.69) is 5.32 Å². The van der Waals surface area contributed by atoms with Crippen molar-refractivity contribution < 1.29 is 22.4 Å². The standard InChI is InChI=1S/C10H14F4N2O/c11-8(12)10(13,14)9(17)16-7-3-5-1-2-6(4-7)15-5/h5-8,15H,1-4H2,(H,16,17). The van der Waals surface area contributed by atoms with Crippen LogP contribution in [-0.2, 0) is 4.79 Å². The van der Waals surface area contributed by atoms with Crippen molar-refractivity contribution in [1.82, 2.24) is 10.6 Å². The van der Waals surface area contributed by atoms with Crippen LogP contribution in [0.5, 0.6) is 0 Å². The van der Waals surface area contributed by atoms with Crippen LogP contribution in [0.15, 0.2) is 0 Å². The van der Waals surface area contributed by atoms with Gasteiger partial charge in [-0.1, -0.05) is 0 Å². The molecule has 2 heterocycles. The monoisotopic (exact) mass is 254 g/mol. The minimum Gasteiger partial charge on any atom is -0.348 e. The van der Waals surface area contributed by atoms with Crippen molar-refractivity contribution in [1.29, 1.82) is 0 Å². The van der Waals surface area contributed by atoms with Gasteiger partial charge in [0.05, 0.1) is 0 Å². The molecule has 2 rings (SSSR count). The third-order valence-electron chi connectivity index (χ3n) is 3.39. The smallest absolute Gasteiger partial charge is 0.348 e. The molecule has 2 bridgehead atoms. The summed E-state index contributed by atoms with van der Waals surface area (Å²) < 4.78 is 49.4. The van der Waals surface area contributed by atoms with Crippen molar-refractivity contribution in [3.63, 3.8) is 0 Å². The Kier molecular flexibility index (Phi) is 3.29. The second-order valence-electron chi connectivity index (χ2n) is 4.70. The van der Waals surface area contributed by atoms with Gasteiger partial charge in [0, 0.05) is 18.1 Å². The number of amides is 1. The first kappa shape index (κ1) is 12.6. The van der Waals surface area contributed by atoms with Crippen LogP contribution in [0.3, 0.4) is 0 Å². The van der Waals surface area contributed by atoms with Crippen molar-refractivity contribution in [3.05, 3.63) is 0 Å². The summed E-state index contributed by atoms with van der Waals surface area (Å²) in [5, 5.41) is 5.30. The molecule has 2 unspecified atom stereocenters. The molecule has 2 aliphatic heterocycles. The summed E-state index contributed by atoms with van der Waals surface area (Å²) in [6.07, 6.45) is -1.01. The van der Waals surface area contributed by atoms with Gasteiger partial charge in [-0.15, -0.1) is 0 Å². The van der Waals surface area contributed by atoms with Gasteiger partial charge in [-0.25, -0.2) is 8.78 Å². The highest BCUT2D eigenvalue weighted by Gasteiger charge is 2.50. The summed E-state index contributed by atoms with van der Waals surface area (Å²) >= 11 is 0. The van der Waals surface area contributed by atoms with E-state index >= 15 is 0 Å². The minimum atomic E-state index is -4.59. The maximum Gasteiger partial charge on any atom is 0.383 e. The quantitative estimate of drug-likeness (QED) is 0.745. The summed E-state index contributed by atoms with van der Waals surface area (Å²) in [7, 11) is 0. The molecule has 1 amide bonds. The largest absolute Gasteiger partial charge is 0.383 e. The molecule has 2 aliphatic rings. The fourth-order valence-corrected chi connectivity index (χ4v) is 2.56. The second-order valence-corrected chi connectivity index (χ2v) is 4.70. The van der Waals surface area contributed by atoms with Crippen molar-refractivity contribution in [2.24, 2.45) is 0 Å². The number of nitrogens with one attached hydrogen (secondary N) is 2. The lowest BCUT2D eigenvalue weighted by Gasteiger charge is -2.30. The number of halogens is 4. The van der Waals surface area contributed by atoms with Crippen LogP contribution in [0.2, 0.25) is 0 Å². The number of fused-ring (bicyclic) bond motifs is 2. The molecule has 0 saturated carbocycles. The summed E-state index contributed by atoms with van der Waals surface area (Å²) in [5.41, 5.74) is 0. The van der Waals surface area contributed by atoms with E-state index < -0.39 is 24.3 Å². The van der Waals surface area contributed by atoms with Crippen molar-refractivity contribution >= 4 is 5.91 Å². The molecule has 0 aromatic rings. The molecule has 2 fully saturated rings. The van der Waals surface area contributed by atoms with Gasteiger partial charge in [0.1, 0.15) is 0 Å². The lowest BCUT2D eigenvalue weighted by Crippen LogP contribution is -2.53. The van der Waals surface area contributed by atoms with Gasteiger partial charge >= 0.3 is 12.3 Å². The van der Waals surface area contributed by atoms with Crippen molar-refractivity contribution in [3.8, 4) is 0 Å². The zero-order chi connectivity index (χ0) is 12.6. The van der Waals surface area contributed by atoms with E-state index in [1.165, 1.54) is 0 Å². The Morgan fingerprint density at radius 1 is 1.24 bits per heavy atom. The molecule has 0 aromatic carbocycles. The van der Waals surface area contributed by atoms with Crippen LogP contribution < -0.4 is 10.6 Å². The zero-order valence-electron chi connectivity index (χ0n) is 9.06. The zero-order valence-corrected chi connectivity index (χ0v) is 9.06. The van der Waals surface area contributed by atoms with E-state index in [-0.39, 0.29) is 12.1 Å². The fourth-order valence-electron chi connectivity index (χ4n) is 2.56. The molecular weight excluding hydrogens is 240 g/mol. The summed E-state index contributed by atoms with van der Waals surface area (Å²) in [6, 6.07) is -0.00989. The normalized spacial score (nSPS) is 32.9. The number of carbonyl (C=O) groups excluding carboxylic acids is 1. The maximum atomic E-state index is 12.7. The predicted molar refractivity (Wildman–Crippen MR) is 52.1 cm³/mol. The SMILES string of the molecule is O=C(NC1CC2CCC(C1)N2)C(F)(F)C(F)F. The van der Waals surface area contributed by atoms with E-state index in [0.717, 1.165) is 12.8 Å². The summed E-state index contributed by atoms with van der Waals surface area (Å²) in [5.74, 6) is -6.46. The van der Waals surface area contributed by atoms with Crippen LogP contribution in [0, 0.1) is 0 Å². The van der Waals surface area contributed by atoms with Crippen molar-refractivity contribution in [2.45, 2.75) is 56.2 Å². The number of piperidine rings is 1. The molecule has 7 heteroatoms. The minimum absolute atomic E-state index is 0.208. The van der Waals surface area contributed by atoms with E-state index in [0.29, 0.717) is 12.8 Å². The molecule has 2 saturated heterocycles. The third kappa shape index (κ3) is 2.53. The average molecular weight is 254 g/mol. The average Bonchev–Trinajstić information content (AvgIpc) is 2.57. The lowest BCUT2D eigenvalue weighted by molar-refractivity contribution is -0.170. The van der Waals surface area contributed by atoms with Crippen molar-refractivity contribution in [2.75, 3.05) is 0 Å². The number of rotatable bonds is 3. The number of hydrogen-bond acceptors (Lipinski definition) is 2. The Hall–Kier alpha value is -0.850. The topological polar surface area (TPSA) is 41.1 Å². The molecule has 2 atom stereocenters. The van der Waals surface area contributed by atoms with Gasteiger partial charge in [0.25, 0.3) is 5.91 Å². The highest BCUT2D eigenvalue weighted by Crippen LogP contribution is 2.28. The molecule has 0 spiro atoms. The second kappa shape index (κ2) is 4.44. The Labute approximate surface area is 95.9 Å². The van der Waals surface area contributed by atoms with E-state index in [9.17, 15) is 22.4 Å². The van der Waals surface area contributed by atoms with Crippen LogP contribution >= 0.6 is 0 Å². The van der Waals surface area contributed by atoms with Crippen LogP contribution in [-0.4, -0.2) is 36.4 Å². The molecule has 2 N–H and O–H groups in total. The summed E-state index contributed by atoms with van der Waals surface area (Å²) in [4.78, 5) is 11.0. The molecular formula is C10H14F4N2O. The van der Waals surface area contributed by atoms with Crippen LogP contribution in [0.25, 0.3) is 0 Å². The Bertz CT molecular complexity index is 299. The lowest BCUT2D eigenvalue weighted by atomic mass is 9.99. The third-order valence-corrected chi connectivity index (χ3v) is 3.39. The molecule has 0 radical (unpaired) electrons. The molecule has 98 valence electrons. The highest BCUT2D eigenvalue weighted by molar-refractivity contribution is 5.84. The van der Waals surface area contributed by atoms with E-state index in [1.54, 1.807) is 0 Å². The van der Waals surface area contributed by atoms with Gasteiger partial charge in [-0.05, 0) is 25.7 Å². The van der Waals surface area contributed by atoms with E-state index in [4.69, 9.17) is 0 Å². The molecule has 0 aromatic heterocycles. The van der Waals surface area contributed by atoms with Crippen LogP contribution in [0.4, 0.5) is 17.6 Å². The summed E-state index contributed by atoms with van der Waals surface area (Å²) in [6.45, 7) is 0. The highest BCUT2D eigenvalue weighted by atomic mass is 19.3. The Balaban J connectivity index is 1.91. The van der Waals surface area contributed by atoms with Gasteiger partial charge in [0.2, 0.25) is 0 Å². The Morgan fingerprint density at radius 2 is 1.76 bits per heavy atom. The first-order chi connectivity index (χ1) is 7.89. The number of hydrogen-bond donors (Lipinski definition) is 2. The Morgan fingerprint density at radius 3 is 2.24 bits per heavy atom. The fraction of sp³-hybridized carbons (Fsp3) is 0.900. The predicted octanol–water partition coefficient (Wildman–Crippen LogP) is 1.29. The van der Waals surface area contributed by atoms with Gasteiger partial charge in [0.15, 0.2) is 0 Å². The van der Waals surface area contributed by atoms with Gasteiger partial charge in [-0.3, -0.25) is 4.79 Å². The molecule has 0 aliphatic carbocycles. The first-order valence-corrected chi connectivity index (χ1v) is 5.62. The van der Waals surface area contributed by atoms with Gasteiger partial charge < -0.3 is 10.6 Å². The molecule has 17 heavy (non-hydrogen) atoms. The maximum absolute atomic E-state index is 12.7. The first-order valence-electron chi connectivity index (χ1n) is 5.62. The number of alkyl halides is 4. The number of carbonyl (C=O) groups is 1. The van der Waals surface area contributed by atoms with E-state index in [1.807, 2.05) is 5.32 Å². The molecule has 3 nitrogen and oxygen atoms in total.